The zero-order valence-corrected chi connectivity index (χ0v) is 12.3. The van der Waals surface area contributed by atoms with E-state index in [4.69, 9.17) is 11.6 Å². The van der Waals surface area contributed by atoms with Crippen molar-refractivity contribution in [3.63, 3.8) is 0 Å². The maximum atomic E-state index is 12.0. The molecule has 3 aromatic rings. The van der Waals surface area contributed by atoms with Gasteiger partial charge in [-0.3, -0.25) is 9.20 Å². The summed E-state index contributed by atoms with van der Waals surface area (Å²) in [6, 6.07) is 6.04. The molecule has 0 radical (unpaired) electrons. The number of rotatable bonds is 1. The molecule has 0 saturated heterocycles. The number of imidazole rings is 1. The summed E-state index contributed by atoms with van der Waals surface area (Å²) in [5.74, 6) is 1.11. The third kappa shape index (κ3) is 1.90. The average molecular weight is 300 g/mol. The molecule has 0 bridgehead atoms. The predicted octanol–water partition coefficient (Wildman–Crippen LogP) is 3.06. The number of hydrogen-bond acceptors (Lipinski definition) is 2. The lowest BCUT2D eigenvalue weighted by Crippen LogP contribution is -2.12. The lowest BCUT2D eigenvalue weighted by Gasteiger charge is -2.11. The van der Waals surface area contributed by atoms with Crippen molar-refractivity contribution in [1.29, 1.82) is 0 Å². The Kier molecular flexibility index (Phi) is 2.69. The summed E-state index contributed by atoms with van der Waals surface area (Å²) < 4.78 is 1.91. The van der Waals surface area contributed by atoms with Gasteiger partial charge in [0, 0.05) is 22.8 Å². The van der Waals surface area contributed by atoms with Crippen LogP contribution in [0.5, 0.6) is 0 Å². The molecule has 1 aromatic carbocycles. The Morgan fingerprint density at radius 3 is 3.14 bits per heavy atom. The fourth-order valence-corrected chi connectivity index (χ4v) is 3.43. The van der Waals surface area contributed by atoms with Crippen LogP contribution in [0.4, 0.5) is 0 Å². The van der Waals surface area contributed by atoms with Crippen molar-refractivity contribution in [3.8, 4) is 0 Å². The minimum absolute atomic E-state index is 0.0990. The number of halogens is 1. The van der Waals surface area contributed by atoms with E-state index in [9.17, 15) is 4.79 Å². The Bertz CT molecular complexity index is 910. The monoisotopic (exact) mass is 299 g/mol. The second kappa shape index (κ2) is 4.46. The molecule has 2 aromatic heterocycles. The molecular formula is C16H14ClN3O. The van der Waals surface area contributed by atoms with Gasteiger partial charge in [-0.05, 0) is 43.0 Å². The average Bonchev–Trinajstić information content (AvgIpc) is 3.01. The maximum Gasteiger partial charge on any atom is 0.274 e. The number of benzene rings is 1. The van der Waals surface area contributed by atoms with Crippen molar-refractivity contribution in [3.05, 3.63) is 68.6 Å². The van der Waals surface area contributed by atoms with E-state index in [1.165, 1.54) is 11.1 Å². The molecule has 1 N–H and O–H groups in total. The van der Waals surface area contributed by atoms with E-state index in [0.717, 1.165) is 29.4 Å². The van der Waals surface area contributed by atoms with E-state index < -0.39 is 0 Å². The van der Waals surface area contributed by atoms with Gasteiger partial charge in [0.1, 0.15) is 11.3 Å². The van der Waals surface area contributed by atoms with Crippen LogP contribution in [0.3, 0.4) is 0 Å². The molecule has 1 unspecified atom stereocenters. The Morgan fingerprint density at radius 2 is 2.29 bits per heavy atom. The molecule has 0 aliphatic heterocycles. The number of aryl methyl sites for hydroxylation is 2. The van der Waals surface area contributed by atoms with Crippen molar-refractivity contribution in [2.24, 2.45) is 0 Å². The molecule has 5 heteroatoms. The zero-order chi connectivity index (χ0) is 14.6. The summed E-state index contributed by atoms with van der Waals surface area (Å²) in [5, 5.41) is 0.746. The topological polar surface area (TPSA) is 50.2 Å². The standard InChI is InChI=1S/C16H14ClN3O/c1-9-8-20-14(16(21)19-9)7-18-15(20)12-5-3-10-2-4-11(17)6-13(10)12/h2,4,6-8,12H,3,5H2,1H3,(H,19,21). The summed E-state index contributed by atoms with van der Waals surface area (Å²) >= 11 is 6.14. The first-order valence-corrected chi connectivity index (χ1v) is 7.36. The quantitative estimate of drug-likeness (QED) is 0.751. The van der Waals surface area contributed by atoms with Crippen molar-refractivity contribution < 1.29 is 0 Å². The summed E-state index contributed by atoms with van der Waals surface area (Å²) in [5.41, 5.74) is 3.87. The molecule has 106 valence electrons. The van der Waals surface area contributed by atoms with Crippen LogP contribution in [0.25, 0.3) is 5.52 Å². The molecule has 4 nitrogen and oxygen atoms in total. The van der Waals surface area contributed by atoms with Gasteiger partial charge in [0.05, 0.1) is 6.20 Å². The van der Waals surface area contributed by atoms with Crippen LogP contribution in [0.1, 0.15) is 35.0 Å². The van der Waals surface area contributed by atoms with Gasteiger partial charge in [0.25, 0.3) is 5.56 Å². The van der Waals surface area contributed by atoms with E-state index in [2.05, 4.69) is 16.0 Å². The predicted molar refractivity (Wildman–Crippen MR) is 82.2 cm³/mol. The summed E-state index contributed by atoms with van der Waals surface area (Å²) in [7, 11) is 0. The summed E-state index contributed by atoms with van der Waals surface area (Å²) in [6.07, 6.45) is 5.60. The Morgan fingerprint density at radius 1 is 1.43 bits per heavy atom. The first-order valence-electron chi connectivity index (χ1n) is 6.98. The molecule has 0 fully saturated rings. The number of aromatic nitrogens is 3. The third-order valence-corrected chi connectivity index (χ3v) is 4.42. The molecule has 0 saturated carbocycles. The fourth-order valence-electron chi connectivity index (χ4n) is 3.25. The van der Waals surface area contributed by atoms with E-state index in [1.807, 2.05) is 29.7 Å². The summed E-state index contributed by atoms with van der Waals surface area (Å²) in [4.78, 5) is 19.3. The molecule has 0 spiro atoms. The van der Waals surface area contributed by atoms with Gasteiger partial charge in [-0.1, -0.05) is 17.7 Å². The lowest BCUT2D eigenvalue weighted by atomic mass is 10.0. The molecule has 0 amide bonds. The van der Waals surface area contributed by atoms with E-state index in [-0.39, 0.29) is 11.5 Å². The first-order chi connectivity index (χ1) is 10.1. The van der Waals surface area contributed by atoms with Gasteiger partial charge >= 0.3 is 0 Å². The van der Waals surface area contributed by atoms with Crippen LogP contribution in [-0.4, -0.2) is 14.4 Å². The molecule has 1 aliphatic rings. The second-order valence-corrected chi connectivity index (χ2v) is 6.01. The Labute approximate surface area is 126 Å². The number of fused-ring (bicyclic) bond motifs is 2. The van der Waals surface area contributed by atoms with Crippen molar-refractivity contribution in [2.75, 3.05) is 0 Å². The zero-order valence-electron chi connectivity index (χ0n) is 11.6. The molecular weight excluding hydrogens is 286 g/mol. The Hall–Kier alpha value is -2.07. The van der Waals surface area contributed by atoms with Gasteiger partial charge < -0.3 is 4.98 Å². The molecule has 4 rings (SSSR count). The van der Waals surface area contributed by atoms with Gasteiger partial charge in [0.15, 0.2) is 0 Å². The molecule has 2 heterocycles. The highest BCUT2D eigenvalue weighted by molar-refractivity contribution is 6.30. The van der Waals surface area contributed by atoms with Crippen LogP contribution in [0.2, 0.25) is 5.02 Å². The van der Waals surface area contributed by atoms with Crippen molar-refractivity contribution in [2.45, 2.75) is 25.7 Å². The number of hydrogen-bond donors (Lipinski definition) is 1. The third-order valence-electron chi connectivity index (χ3n) is 4.19. The smallest absolute Gasteiger partial charge is 0.274 e. The van der Waals surface area contributed by atoms with Crippen LogP contribution in [0, 0.1) is 6.92 Å². The van der Waals surface area contributed by atoms with Crippen LogP contribution in [0.15, 0.2) is 35.4 Å². The number of H-pyrrole nitrogens is 1. The van der Waals surface area contributed by atoms with Crippen LogP contribution >= 0.6 is 11.6 Å². The van der Waals surface area contributed by atoms with Gasteiger partial charge in [-0.25, -0.2) is 4.98 Å². The normalized spacial score (nSPS) is 17.3. The maximum absolute atomic E-state index is 12.0. The van der Waals surface area contributed by atoms with Gasteiger partial charge in [-0.15, -0.1) is 0 Å². The largest absolute Gasteiger partial charge is 0.323 e. The minimum Gasteiger partial charge on any atom is -0.323 e. The summed E-state index contributed by atoms with van der Waals surface area (Å²) in [6.45, 7) is 1.88. The van der Waals surface area contributed by atoms with E-state index in [1.54, 1.807) is 6.20 Å². The first kappa shape index (κ1) is 12.7. The highest BCUT2D eigenvalue weighted by atomic mass is 35.5. The lowest BCUT2D eigenvalue weighted by molar-refractivity contribution is 0.723. The minimum atomic E-state index is -0.0990. The number of nitrogens with one attached hydrogen (secondary N) is 1. The van der Waals surface area contributed by atoms with Crippen molar-refractivity contribution in [1.82, 2.24) is 14.4 Å². The van der Waals surface area contributed by atoms with Crippen LogP contribution in [-0.2, 0) is 6.42 Å². The van der Waals surface area contributed by atoms with Gasteiger partial charge in [-0.2, -0.15) is 0 Å². The van der Waals surface area contributed by atoms with Crippen molar-refractivity contribution >= 4 is 17.1 Å². The highest BCUT2D eigenvalue weighted by Crippen LogP contribution is 2.38. The second-order valence-electron chi connectivity index (χ2n) is 5.57. The number of aromatic amines is 1. The molecule has 1 aliphatic carbocycles. The molecule has 21 heavy (non-hydrogen) atoms. The molecule has 1 atom stereocenters. The SMILES string of the molecule is Cc1cn2c(C3CCc4ccc(Cl)cc43)ncc2c(=O)[nH]1. The fraction of sp³-hybridized carbons (Fsp3) is 0.250. The van der Waals surface area contributed by atoms with Crippen LogP contribution < -0.4 is 5.56 Å². The Balaban J connectivity index is 1.94. The highest BCUT2D eigenvalue weighted by Gasteiger charge is 2.27. The number of nitrogens with zero attached hydrogens (tertiary/aromatic N) is 2. The van der Waals surface area contributed by atoms with E-state index in [0.29, 0.717) is 5.52 Å². The van der Waals surface area contributed by atoms with E-state index >= 15 is 0 Å². The van der Waals surface area contributed by atoms with Gasteiger partial charge in [0.2, 0.25) is 0 Å².